The number of hydrazine groups is 1. The maximum absolute atomic E-state index is 12.0. The van der Waals surface area contributed by atoms with Crippen LogP contribution in [0.25, 0.3) is 11.1 Å². The van der Waals surface area contributed by atoms with Crippen molar-refractivity contribution in [2.75, 3.05) is 6.61 Å². The van der Waals surface area contributed by atoms with E-state index in [2.05, 4.69) is 16.9 Å². The van der Waals surface area contributed by atoms with Gasteiger partial charge in [0.25, 0.3) is 11.8 Å². The molecule has 1 unspecified atom stereocenters. The number of para-hydroxylation sites is 1. The molecule has 0 bridgehead atoms. The summed E-state index contributed by atoms with van der Waals surface area (Å²) in [5, 5.41) is 8.87. The van der Waals surface area contributed by atoms with E-state index < -0.39 is 17.9 Å². The predicted molar refractivity (Wildman–Crippen MR) is 115 cm³/mol. The molecule has 31 heavy (non-hydrogen) atoms. The van der Waals surface area contributed by atoms with Gasteiger partial charge in [0.2, 0.25) is 0 Å². The molecule has 2 N–H and O–H groups in total. The van der Waals surface area contributed by atoms with Gasteiger partial charge >= 0.3 is 0 Å². The Bertz CT molecular complexity index is 1060. The first-order valence-electron chi connectivity index (χ1n) is 9.59. The standard InChI is InChI=1S/C24H21N3O4/c1-17(31-22-5-3-2-4-6-22)24(29)27-26-23(28)16-30-21-13-11-20(12-14-21)19-9-7-18(15-25)8-10-19/h2-14,17H,16H2,1H3,(H,26,28)(H,27,29). The fourth-order valence-corrected chi connectivity index (χ4v) is 2.66. The van der Waals surface area contributed by atoms with Gasteiger partial charge in [-0.1, -0.05) is 42.5 Å². The van der Waals surface area contributed by atoms with E-state index in [0.29, 0.717) is 17.1 Å². The smallest absolute Gasteiger partial charge is 0.279 e. The Morgan fingerprint density at radius 1 is 0.871 bits per heavy atom. The van der Waals surface area contributed by atoms with Crippen LogP contribution in [0.4, 0.5) is 0 Å². The first kappa shape index (κ1) is 21.4. The molecule has 1 atom stereocenters. The molecule has 7 heteroatoms. The van der Waals surface area contributed by atoms with Crippen LogP contribution in [0.2, 0.25) is 0 Å². The number of carbonyl (C=O) groups excluding carboxylic acids is 2. The van der Waals surface area contributed by atoms with Crippen molar-refractivity contribution in [2.24, 2.45) is 0 Å². The Morgan fingerprint density at radius 3 is 2.10 bits per heavy atom. The molecule has 0 aliphatic carbocycles. The molecule has 156 valence electrons. The molecule has 3 aromatic carbocycles. The SMILES string of the molecule is CC(Oc1ccccc1)C(=O)NNC(=O)COc1ccc(-c2ccc(C#N)cc2)cc1. The van der Waals surface area contributed by atoms with Crippen LogP contribution in [0.15, 0.2) is 78.9 Å². The summed E-state index contributed by atoms with van der Waals surface area (Å²) in [5.74, 6) is 0.0873. The highest BCUT2D eigenvalue weighted by Gasteiger charge is 2.15. The Kier molecular flexibility index (Phi) is 7.22. The van der Waals surface area contributed by atoms with Gasteiger partial charge in [-0.25, -0.2) is 0 Å². The molecule has 2 amide bonds. The van der Waals surface area contributed by atoms with Crippen molar-refractivity contribution in [3.8, 4) is 28.7 Å². The van der Waals surface area contributed by atoms with Crippen molar-refractivity contribution >= 4 is 11.8 Å². The highest BCUT2D eigenvalue weighted by atomic mass is 16.5. The van der Waals surface area contributed by atoms with E-state index in [1.165, 1.54) is 0 Å². The lowest BCUT2D eigenvalue weighted by Crippen LogP contribution is -2.48. The first-order chi connectivity index (χ1) is 15.0. The minimum Gasteiger partial charge on any atom is -0.484 e. The van der Waals surface area contributed by atoms with E-state index in [-0.39, 0.29) is 6.61 Å². The molecule has 3 rings (SSSR count). The van der Waals surface area contributed by atoms with Crippen molar-refractivity contribution in [3.05, 3.63) is 84.4 Å². The highest BCUT2D eigenvalue weighted by molar-refractivity contribution is 5.85. The quantitative estimate of drug-likeness (QED) is 0.577. The maximum atomic E-state index is 12.0. The second kappa shape index (κ2) is 10.5. The van der Waals surface area contributed by atoms with Gasteiger partial charge in [-0.15, -0.1) is 0 Å². The number of nitriles is 1. The van der Waals surface area contributed by atoms with E-state index in [0.717, 1.165) is 11.1 Å². The molecular weight excluding hydrogens is 394 g/mol. The van der Waals surface area contributed by atoms with Gasteiger partial charge < -0.3 is 9.47 Å². The topological polar surface area (TPSA) is 100 Å². The summed E-state index contributed by atoms with van der Waals surface area (Å²) >= 11 is 0. The Hall–Kier alpha value is -4.31. The number of nitrogens with zero attached hydrogens (tertiary/aromatic N) is 1. The Labute approximate surface area is 180 Å². The van der Waals surface area contributed by atoms with E-state index in [9.17, 15) is 9.59 Å². The largest absolute Gasteiger partial charge is 0.484 e. The minimum absolute atomic E-state index is 0.260. The zero-order valence-electron chi connectivity index (χ0n) is 16.9. The number of ether oxygens (including phenoxy) is 2. The fourth-order valence-electron chi connectivity index (χ4n) is 2.66. The molecule has 0 aromatic heterocycles. The molecule has 0 spiro atoms. The predicted octanol–water partition coefficient (Wildman–Crippen LogP) is 3.22. The Morgan fingerprint density at radius 2 is 1.48 bits per heavy atom. The Balaban J connectivity index is 1.42. The third-order valence-electron chi connectivity index (χ3n) is 4.32. The highest BCUT2D eigenvalue weighted by Crippen LogP contribution is 2.22. The second-order valence-electron chi connectivity index (χ2n) is 6.61. The molecule has 0 aliphatic heterocycles. The lowest BCUT2D eigenvalue weighted by atomic mass is 10.0. The maximum Gasteiger partial charge on any atom is 0.279 e. The third-order valence-corrected chi connectivity index (χ3v) is 4.32. The van der Waals surface area contributed by atoms with Crippen molar-refractivity contribution in [1.29, 1.82) is 5.26 Å². The summed E-state index contributed by atoms with van der Waals surface area (Å²) < 4.78 is 10.9. The molecule has 0 fully saturated rings. The van der Waals surface area contributed by atoms with Crippen LogP contribution in [0.1, 0.15) is 12.5 Å². The van der Waals surface area contributed by atoms with Crippen molar-refractivity contribution in [1.82, 2.24) is 10.9 Å². The lowest BCUT2D eigenvalue weighted by Gasteiger charge is -2.15. The summed E-state index contributed by atoms with van der Waals surface area (Å²) in [6, 6.07) is 25.5. The summed E-state index contributed by atoms with van der Waals surface area (Å²) in [6.45, 7) is 1.32. The van der Waals surface area contributed by atoms with Crippen molar-refractivity contribution in [3.63, 3.8) is 0 Å². The normalized spacial score (nSPS) is 11.0. The zero-order valence-corrected chi connectivity index (χ0v) is 16.9. The number of nitrogens with one attached hydrogen (secondary N) is 2. The van der Waals surface area contributed by atoms with Gasteiger partial charge in [0.05, 0.1) is 11.6 Å². The average molecular weight is 415 g/mol. The van der Waals surface area contributed by atoms with Crippen LogP contribution in [-0.2, 0) is 9.59 Å². The third kappa shape index (κ3) is 6.34. The monoisotopic (exact) mass is 415 g/mol. The first-order valence-corrected chi connectivity index (χ1v) is 9.59. The van der Waals surface area contributed by atoms with Gasteiger partial charge in [-0.2, -0.15) is 5.26 Å². The molecule has 3 aromatic rings. The number of carbonyl (C=O) groups is 2. The molecule has 7 nitrogen and oxygen atoms in total. The van der Waals surface area contributed by atoms with E-state index in [1.807, 2.05) is 30.3 Å². The van der Waals surface area contributed by atoms with E-state index in [4.69, 9.17) is 14.7 Å². The van der Waals surface area contributed by atoms with Crippen LogP contribution in [0.3, 0.4) is 0 Å². The summed E-state index contributed by atoms with van der Waals surface area (Å²) in [7, 11) is 0. The molecule has 0 saturated heterocycles. The average Bonchev–Trinajstić information content (AvgIpc) is 2.82. The van der Waals surface area contributed by atoms with Gasteiger partial charge in [0.1, 0.15) is 11.5 Å². The zero-order chi connectivity index (χ0) is 22.1. The number of hydrogen-bond donors (Lipinski definition) is 2. The van der Waals surface area contributed by atoms with Crippen LogP contribution >= 0.6 is 0 Å². The molecule has 0 heterocycles. The number of rotatable bonds is 7. The summed E-state index contributed by atoms with van der Waals surface area (Å²) in [6.07, 6.45) is -0.779. The number of benzene rings is 3. The summed E-state index contributed by atoms with van der Waals surface area (Å²) in [4.78, 5) is 24.0. The van der Waals surface area contributed by atoms with Crippen molar-refractivity contribution in [2.45, 2.75) is 13.0 Å². The molecule has 0 radical (unpaired) electrons. The van der Waals surface area contributed by atoms with Crippen LogP contribution < -0.4 is 20.3 Å². The second-order valence-corrected chi connectivity index (χ2v) is 6.61. The lowest BCUT2D eigenvalue weighted by molar-refractivity contribution is -0.133. The molecule has 0 saturated carbocycles. The minimum atomic E-state index is -0.779. The molecule has 0 aliphatic rings. The van der Waals surface area contributed by atoms with Gasteiger partial charge in [0.15, 0.2) is 12.7 Å². The van der Waals surface area contributed by atoms with Crippen LogP contribution in [-0.4, -0.2) is 24.5 Å². The van der Waals surface area contributed by atoms with E-state index >= 15 is 0 Å². The van der Waals surface area contributed by atoms with Gasteiger partial charge in [0, 0.05) is 0 Å². The number of amides is 2. The number of hydrogen-bond acceptors (Lipinski definition) is 5. The van der Waals surface area contributed by atoms with Gasteiger partial charge in [-0.05, 0) is 54.4 Å². The molecular formula is C24H21N3O4. The van der Waals surface area contributed by atoms with E-state index in [1.54, 1.807) is 55.5 Å². The van der Waals surface area contributed by atoms with Crippen molar-refractivity contribution < 1.29 is 19.1 Å². The van der Waals surface area contributed by atoms with Crippen LogP contribution in [0, 0.1) is 11.3 Å². The van der Waals surface area contributed by atoms with Crippen LogP contribution in [0.5, 0.6) is 11.5 Å². The summed E-state index contributed by atoms with van der Waals surface area (Å²) in [5.41, 5.74) is 7.14. The van der Waals surface area contributed by atoms with Gasteiger partial charge in [-0.3, -0.25) is 20.4 Å². The fraction of sp³-hybridized carbons (Fsp3) is 0.125.